The molecule has 1 aliphatic heterocycles. The van der Waals surface area contributed by atoms with Gasteiger partial charge in [-0.15, -0.1) is 0 Å². The lowest BCUT2D eigenvalue weighted by Gasteiger charge is -2.22. The van der Waals surface area contributed by atoms with Gasteiger partial charge in [0.05, 0.1) is 6.61 Å². The van der Waals surface area contributed by atoms with Crippen molar-refractivity contribution >= 4 is 28.8 Å². The van der Waals surface area contributed by atoms with Crippen molar-refractivity contribution < 1.29 is 14.3 Å². The summed E-state index contributed by atoms with van der Waals surface area (Å²) in [6.45, 7) is 3.93. The quantitative estimate of drug-likeness (QED) is 0.567. The van der Waals surface area contributed by atoms with E-state index in [1.54, 1.807) is 20.2 Å². The van der Waals surface area contributed by atoms with Gasteiger partial charge in [-0.25, -0.2) is 5.01 Å². The third kappa shape index (κ3) is 3.24. The molecule has 138 valence electrons. The minimum Gasteiger partial charge on any atom is -0.383 e. The molecule has 2 amide bonds. The van der Waals surface area contributed by atoms with Gasteiger partial charge < -0.3 is 9.30 Å². The number of para-hydroxylation sites is 1. The molecule has 0 spiro atoms. The molecule has 0 atom stereocenters. The fraction of sp³-hybridized carbons (Fsp3) is 0.400. The van der Waals surface area contributed by atoms with E-state index in [4.69, 9.17) is 4.74 Å². The number of hydrogen-bond donors (Lipinski definition) is 0. The first-order valence-corrected chi connectivity index (χ1v) is 8.96. The molecular weight excluding hydrogens is 330 g/mol. The Labute approximate surface area is 153 Å². The second kappa shape index (κ2) is 7.74. The summed E-state index contributed by atoms with van der Waals surface area (Å²) in [5, 5.41) is 3.97. The summed E-state index contributed by atoms with van der Waals surface area (Å²) in [4.78, 5) is 25.3. The first-order chi connectivity index (χ1) is 12.6. The van der Waals surface area contributed by atoms with Crippen LogP contribution in [-0.2, 0) is 20.9 Å². The van der Waals surface area contributed by atoms with Crippen LogP contribution in [0.3, 0.4) is 0 Å². The number of ether oxygens (including phenoxy) is 1. The molecule has 1 aromatic carbocycles. The number of benzene rings is 1. The van der Waals surface area contributed by atoms with Crippen LogP contribution in [0.15, 0.2) is 36.0 Å². The van der Waals surface area contributed by atoms with Gasteiger partial charge in [-0.3, -0.25) is 14.6 Å². The predicted molar refractivity (Wildman–Crippen MR) is 101 cm³/mol. The SMILES string of the molecule is CCCCN1C(=O)C(=Cc2cn(CCOC)c3ccccc23)C(=O)N1C. The molecule has 0 unspecified atom stereocenters. The molecule has 1 aliphatic rings. The van der Waals surface area contributed by atoms with E-state index in [1.807, 2.05) is 30.5 Å². The highest BCUT2D eigenvalue weighted by molar-refractivity contribution is 6.25. The van der Waals surface area contributed by atoms with E-state index < -0.39 is 0 Å². The van der Waals surface area contributed by atoms with E-state index in [-0.39, 0.29) is 17.4 Å². The number of hydrogen-bond acceptors (Lipinski definition) is 3. The number of hydrazine groups is 1. The summed E-state index contributed by atoms with van der Waals surface area (Å²) >= 11 is 0. The fourth-order valence-electron chi connectivity index (χ4n) is 3.25. The van der Waals surface area contributed by atoms with E-state index in [2.05, 4.69) is 11.5 Å². The maximum atomic E-state index is 12.7. The van der Waals surface area contributed by atoms with Crippen LogP contribution in [0.25, 0.3) is 17.0 Å². The number of fused-ring (bicyclic) bond motifs is 1. The molecule has 26 heavy (non-hydrogen) atoms. The number of aromatic nitrogens is 1. The van der Waals surface area contributed by atoms with E-state index in [0.717, 1.165) is 29.3 Å². The molecule has 0 bridgehead atoms. The summed E-state index contributed by atoms with van der Waals surface area (Å²) in [5.41, 5.74) is 2.16. The largest absolute Gasteiger partial charge is 0.383 e. The molecule has 3 rings (SSSR count). The molecule has 1 fully saturated rings. The molecule has 2 aromatic rings. The lowest BCUT2D eigenvalue weighted by atomic mass is 10.1. The van der Waals surface area contributed by atoms with Gasteiger partial charge in [0.15, 0.2) is 0 Å². The molecule has 1 aromatic heterocycles. The third-order valence-corrected chi connectivity index (χ3v) is 4.73. The zero-order chi connectivity index (χ0) is 18.7. The Balaban J connectivity index is 1.99. The number of amides is 2. The number of rotatable bonds is 7. The molecule has 0 N–H and O–H groups in total. The Hall–Kier alpha value is -2.60. The van der Waals surface area contributed by atoms with Crippen molar-refractivity contribution in [1.29, 1.82) is 0 Å². The first kappa shape index (κ1) is 18.2. The summed E-state index contributed by atoms with van der Waals surface area (Å²) < 4.78 is 7.27. The Morgan fingerprint density at radius 1 is 1.12 bits per heavy atom. The summed E-state index contributed by atoms with van der Waals surface area (Å²) in [6.07, 6.45) is 5.54. The normalized spacial score (nSPS) is 16.5. The van der Waals surface area contributed by atoms with E-state index in [1.165, 1.54) is 10.0 Å². The van der Waals surface area contributed by atoms with Crippen LogP contribution in [0.2, 0.25) is 0 Å². The highest BCUT2D eigenvalue weighted by Crippen LogP contribution is 2.27. The van der Waals surface area contributed by atoms with Crippen LogP contribution in [0.5, 0.6) is 0 Å². The second-order valence-electron chi connectivity index (χ2n) is 6.46. The van der Waals surface area contributed by atoms with Crippen molar-refractivity contribution in [3.05, 3.63) is 41.6 Å². The molecule has 0 aliphatic carbocycles. The summed E-state index contributed by atoms with van der Waals surface area (Å²) in [6, 6.07) is 7.98. The maximum absolute atomic E-state index is 12.7. The minimum atomic E-state index is -0.250. The Bertz CT molecular complexity index is 853. The van der Waals surface area contributed by atoms with Gasteiger partial charge in [0.2, 0.25) is 0 Å². The zero-order valence-corrected chi connectivity index (χ0v) is 15.6. The van der Waals surface area contributed by atoms with Gasteiger partial charge >= 0.3 is 0 Å². The average Bonchev–Trinajstić information content (AvgIpc) is 3.10. The van der Waals surface area contributed by atoms with Gasteiger partial charge in [0.25, 0.3) is 11.8 Å². The van der Waals surface area contributed by atoms with Crippen LogP contribution in [0.1, 0.15) is 25.3 Å². The van der Waals surface area contributed by atoms with Crippen LogP contribution >= 0.6 is 0 Å². The molecule has 0 saturated carbocycles. The Morgan fingerprint density at radius 2 is 1.88 bits per heavy atom. The topological polar surface area (TPSA) is 54.8 Å². The van der Waals surface area contributed by atoms with Crippen LogP contribution in [0.4, 0.5) is 0 Å². The van der Waals surface area contributed by atoms with E-state index >= 15 is 0 Å². The molecule has 1 saturated heterocycles. The van der Waals surface area contributed by atoms with Gasteiger partial charge in [-0.05, 0) is 18.6 Å². The van der Waals surface area contributed by atoms with E-state index in [0.29, 0.717) is 19.7 Å². The van der Waals surface area contributed by atoms with Crippen molar-refractivity contribution in [2.24, 2.45) is 0 Å². The Morgan fingerprint density at radius 3 is 2.62 bits per heavy atom. The number of carbonyl (C=O) groups excluding carboxylic acids is 2. The molecule has 2 heterocycles. The number of carbonyl (C=O) groups is 2. The number of nitrogens with zero attached hydrogens (tertiary/aromatic N) is 3. The number of methoxy groups -OCH3 is 1. The second-order valence-corrected chi connectivity index (χ2v) is 6.46. The number of likely N-dealkylation sites (N-methyl/N-ethyl adjacent to an activating group) is 1. The zero-order valence-electron chi connectivity index (χ0n) is 15.6. The lowest BCUT2D eigenvalue weighted by molar-refractivity contribution is -0.143. The average molecular weight is 355 g/mol. The monoisotopic (exact) mass is 355 g/mol. The Kier molecular flexibility index (Phi) is 5.42. The van der Waals surface area contributed by atoms with Crippen molar-refractivity contribution in [3.8, 4) is 0 Å². The lowest BCUT2D eigenvalue weighted by Crippen LogP contribution is -2.38. The van der Waals surface area contributed by atoms with Gasteiger partial charge in [-0.2, -0.15) is 0 Å². The van der Waals surface area contributed by atoms with Crippen LogP contribution in [-0.4, -0.2) is 53.7 Å². The van der Waals surface area contributed by atoms with Crippen molar-refractivity contribution in [2.75, 3.05) is 27.3 Å². The van der Waals surface area contributed by atoms with Crippen molar-refractivity contribution in [3.63, 3.8) is 0 Å². The third-order valence-electron chi connectivity index (χ3n) is 4.73. The number of unbranched alkanes of at least 4 members (excludes halogenated alkanes) is 1. The summed E-state index contributed by atoms with van der Waals surface area (Å²) in [5.74, 6) is -0.473. The van der Waals surface area contributed by atoms with Crippen molar-refractivity contribution in [1.82, 2.24) is 14.6 Å². The maximum Gasteiger partial charge on any atom is 0.278 e. The predicted octanol–water partition coefficient (Wildman–Crippen LogP) is 2.69. The van der Waals surface area contributed by atoms with Crippen LogP contribution in [0, 0.1) is 0 Å². The van der Waals surface area contributed by atoms with Gasteiger partial charge in [0.1, 0.15) is 5.57 Å². The first-order valence-electron chi connectivity index (χ1n) is 8.96. The van der Waals surface area contributed by atoms with Crippen LogP contribution < -0.4 is 0 Å². The smallest absolute Gasteiger partial charge is 0.278 e. The van der Waals surface area contributed by atoms with E-state index in [9.17, 15) is 9.59 Å². The van der Waals surface area contributed by atoms with Gasteiger partial charge in [0, 0.05) is 49.9 Å². The molecule has 6 nitrogen and oxygen atoms in total. The molecule has 6 heteroatoms. The standard InChI is InChI=1S/C20H25N3O3/c1-4-5-10-23-20(25)17(19(24)21(23)2)13-15-14-22(11-12-26-3)18-9-7-6-8-16(15)18/h6-9,13-14H,4-5,10-12H2,1-3H3. The highest BCUT2D eigenvalue weighted by atomic mass is 16.5. The fourth-order valence-corrected chi connectivity index (χ4v) is 3.25. The van der Waals surface area contributed by atoms with Gasteiger partial charge in [-0.1, -0.05) is 31.5 Å². The highest BCUT2D eigenvalue weighted by Gasteiger charge is 2.38. The summed E-state index contributed by atoms with van der Waals surface area (Å²) in [7, 11) is 3.32. The molecular formula is C20H25N3O3. The molecule has 0 radical (unpaired) electrons. The minimum absolute atomic E-state index is 0.221. The van der Waals surface area contributed by atoms with Crippen molar-refractivity contribution in [2.45, 2.75) is 26.3 Å².